The van der Waals surface area contributed by atoms with E-state index in [1.54, 1.807) is 6.26 Å². The summed E-state index contributed by atoms with van der Waals surface area (Å²) >= 11 is 0. The number of benzene rings is 1. The van der Waals surface area contributed by atoms with Crippen LogP contribution in [0.4, 0.5) is 0 Å². The SMILES string of the molecule is CC[C@H](c1nnnn1Cc1ccco1)N(Cc1cc2ccc(C)cc2[nH]c1=O)C1CCCCC1. The molecule has 0 bridgehead atoms. The lowest BCUT2D eigenvalue weighted by molar-refractivity contribution is 0.0842. The van der Waals surface area contributed by atoms with Gasteiger partial charge in [-0.05, 0) is 71.8 Å². The van der Waals surface area contributed by atoms with Gasteiger partial charge in [0.1, 0.15) is 12.3 Å². The van der Waals surface area contributed by atoms with Gasteiger partial charge in [0.2, 0.25) is 0 Å². The highest BCUT2D eigenvalue weighted by Gasteiger charge is 2.32. The van der Waals surface area contributed by atoms with Gasteiger partial charge in [0.15, 0.2) is 5.82 Å². The highest BCUT2D eigenvalue weighted by atomic mass is 16.3. The molecular formula is C26H32N6O2. The minimum Gasteiger partial charge on any atom is -0.467 e. The normalized spacial score (nSPS) is 15.9. The van der Waals surface area contributed by atoms with Crippen molar-refractivity contribution in [2.75, 3.05) is 0 Å². The Kier molecular flexibility index (Phi) is 6.58. The summed E-state index contributed by atoms with van der Waals surface area (Å²) in [7, 11) is 0. The Morgan fingerprint density at radius 1 is 1.21 bits per heavy atom. The summed E-state index contributed by atoms with van der Waals surface area (Å²) in [5.74, 6) is 1.63. The molecule has 8 heteroatoms. The van der Waals surface area contributed by atoms with Crippen LogP contribution in [0.2, 0.25) is 0 Å². The fourth-order valence-corrected chi connectivity index (χ4v) is 5.26. The zero-order chi connectivity index (χ0) is 23.5. The number of hydrogen-bond acceptors (Lipinski definition) is 6. The molecule has 4 aromatic rings. The molecule has 1 fully saturated rings. The minimum atomic E-state index is -0.0241. The molecule has 1 atom stereocenters. The van der Waals surface area contributed by atoms with Gasteiger partial charge in [-0.2, -0.15) is 0 Å². The molecule has 1 aliphatic rings. The molecule has 0 radical (unpaired) electrons. The number of nitrogens with one attached hydrogen (secondary N) is 1. The van der Waals surface area contributed by atoms with Gasteiger partial charge in [-0.1, -0.05) is 38.3 Å². The Morgan fingerprint density at radius 2 is 2.06 bits per heavy atom. The second-order valence-electron chi connectivity index (χ2n) is 9.38. The average molecular weight is 461 g/mol. The molecule has 34 heavy (non-hydrogen) atoms. The van der Waals surface area contributed by atoms with Crippen LogP contribution in [0.5, 0.6) is 0 Å². The zero-order valence-corrected chi connectivity index (χ0v) is 19.9. The first-order valence-electron chi connectivity index (χ1n) is 12.3. The highest BCUT2D eigenvalue weighted by Crippen LogP contribution is 2.33. The van der Waals surface area contributed by atoms with Gasteiger partial charge in [0, 0.05) is 23.7 Å². The molecule has 1 saturated carbocycles. The summed E-state index contributed by atoms with van der Waals surface area (Å²) in [6.07, 6.45) is 8.46. The summed E-state index contributed by atoms with van der Waals surface area (Å²) in [6, 6.07) is 12.4. The van der Waals surface area contributed by atoms with E-state index >= 15 is 0 Å². The summed E-state index contributed by atoms with van der Waals surface area (Å²) in [6.45, 7) is 5.26. The number of tetrazole rings is 1. The molecule has 1 aromatic carbocycles. The number of aryl methyl sites for hydroxylation is 1. The smallest absolute Gasteiger partial charge is 0.252 e. The number of fused-ring (bicyclic) bond motifs is 1. The van der Waals surface area contributed by atoms with Crippen molar-refractivity contribution in [3.8, 4) is 0 Å². The third kappa shape index (κ3) is 4.68. The van der Waals surface area contributed by atoms with E-state index in [1.807, 2.05) is 35.9 Å². The first-order valence-corrected chi connectivity index (χ1v) is 12.3. The Labute approximate surface area is 199 Å². The van der Waals surface area contributed by atoms with Crippen molar-refractivity contribution < 1.29 is 4.42 Å². The Balaban J connectivity index is 1.50. The maximum Gasteiger partial charge on any atom is 0.252 e. The monoisotopic (exact) mass is 460 g/mol. The third-order valence-corrected chi connectivity index (χ3v) is 7.01. The summed E-state index contributed by atoms with van der Waals surface area (Å²) in [4.78, 5) is 18.7. The highest BCUT2D eigenvalue weighted by molar-refractivity contribution is 5.79. The number of aromatic nitrogens is 5. The molecule has 5 rings (SSSR count). The Morgan fingerprint density at radius 3 is 2.82 bits per heavy atom. The zero-order valence-electron chi connectivity index (χ0n) is 19.9. The van der Waals surface area contributed by atoms with E-state index in [9.17, 15) is 4.79 Å². The quantitative estimate of drug-likeness (QED) is 0.408. The standard InChI is InChI=1S/C26H32N6O2/c1-3-24(25-28-29-30-32(25)17-22-10-7-13-34-22)31(21-8-5-4-6-9-21)16-20-15-19-12-11-18(2)14-23(19)27-26(20)33/h7,10-15,21,24H,3-6,8-9,16-17H2,1-2H3,(H,27,33)/t24-/m1/s1. The maximum absolute atomic E-state index is 13.1. The third-order valence-electron chi connectivity index (χ3n) is 7.01. The molecule has 0 aliphatic heterocycles. The lowest BCUT2D eigenvalue weighted by Crippen LogP contribution is -2.41. The molecule has 3 heterocycles. The molecule has 1 N–H and O–H groups in total. The second-order valence-corrected chi connectivity index (χ2v) is 9.38. The molecule has 178 valence electrons. The van der Waals surface area contributed by atoms with Crippen LogP contribution in [-0.4, -0.2) is 36.1 Å². The van der Waals surface area contributed by atoms with E-state index in [0.29, 0.717) is 19.1 Å². The molecule has 0 unspecified atom stereocenters. The molecular weight excluding hydrogens is 428 g/mol. The Hall–Kier alpha value is -3.26. The molecule has 3 aromatic heterocycles. The Bertz CT molecular complexity index is 1290. The first kappa shape index (κ1) is 22.5. The van der Waals surface area contributed by atoms with Crippen LogP contribution < -0.4 is 5.56 Å². The van der Waals surface area contributed by atoms with Gasteiger partial charge in [-0.3, -0.25) is 9.69 Å². The van der Waals surface area contributed by atoms with Gasteiger partial charge in [-0.25, -0.2) is 4.68 Å². The number of nitrogens with zero attached hydrogens (tertiary/aromatic N) is 5. The number of rotatable bonds is 8. The summed E-state index contributed by atoms with van der Waals surface area (Å²) in [5, 5.41) is 13.8. The molecule has 8 nitrogen and oxygen atoms in total. The lowest BCUT2D eigenvalue weighted by Gasteiger charge is -2.39. The van der Waals surface area contributed by atoms with Crippen LogP contribution in [-0.2, 0) is 13.1 Å². The minimum absolute atomic E-state index is 0.00109. The largest absolute Gasteiger partial charge is 0.467 e. The second kappa shape index (κ2) is 9.93. The van der Waals surface area contributed by atoms with Crippen LogP contribution in [0.15, 0.2) is 51.9 Å². The van der Waals surface area contributed by atoms with E-state index in [4.69, 9.17) is 4.42 Å². The van der Waals surface area contributed by atoms with Gasteiger partial charge in [0.05, 0.1) is 12.3 Å². The van der Waals surface area contributed by atoms with Crippen molar-refractivity contribution in [3.63, 3.8) is 0 Å². The van der Waals surface area contributed by atoms with Crippen molar-refractivity contribution in [3.05, 3.63) is 75.7 Å². The lowest BCUT2D eigenvalue weighted by atomic mass is 9.92. The number of hydrogen-bond donors (Lipinski definition) is 1. The van der Waals surface area contributed by atoms with Crippen molar-refractivity contribution in [2.24, 2.45) is 0 Å². The van der Waals surface area contributed by atoms with E-state index < -0.39 is 0 Å². The molecule has 0 saturated heterocycles. The molecule has 0 amide bonds. The topological polar surface area (TPSA) is 92.8 Å². The van der Waals surface area contributed by atoms with E-state index in [-0.39, 0.29) is 11.6 Å². The number of furan rings is 1. The van der Waals surface area contributed by atoms with Gasteiger partial charge in [0.25, 0.3) is 5.56 Å². The number of H-pyrrole nitrogens is 1. The fraction of sp³-hybridized carbons (Fsp3) is 0.462. The number of pyridine rings is 1. The van der Waals surface area contributed by atoms with Crippen molar-refractivity contribution >= 4 is 10.9 Å². The predicted octanol–water partition coefficient (Wildman–Crippen LogP) is 4.75. The summed E-state index contributed by atoms with van der Waals surface area (Å²) in [5.41, 5.74) is 2.77. The van der Waals surface area contributed by atoms with Crippen molar-refractivity contribution in [1.82, 2.24) is 30.1 Å². The van der Waals surface area contributed by atoms with Crippen LogP contribution in [0.3, 0.4) is 0 Å². The fourth-order valence-electron chi connectivity index (χ4n) is 5.26. The van der Waals surface area contributed by atoms with Crippen LogP contribution in [0.1, 0.15) is 74.2 Å². The first-order chi connectivity index (χ1) is 16.6. The average Bonchev–Trinajstić information content (AvgIpc) is 3.53. The van der Waals surface area contributed by atoms with Crippen molar-refractivity contribution in [1.29, 1.82) is 0 Å². The van der Waals surface area contributed by atoms with Crippen LogP contribution in [0, 0.1) is 6.92 Å². The molecule has 0 spiro atoms. The summed E-state index contributed by atoms with van der Waals surface area (Å²) < 4.78 is 7.37. The van der Waals surface area contributed by atoms with E-state index in [1.165, 1.54) is 19.3 Å². The van der Waals surface area contributed by atoms with Crippen molar-refractivity contribution in [2.45, 2.75) is 77.5 Å². The molecule has 1 aliphatic carbocycles. The van der Waals surface area contributed by atoms with Crippen LogP contribution >= 0.6 is 0 Å². The number of aromatic amines is 1. The van der Waals surface area contributed by atoms with E-state index in [2.05, 4.69) is 44.5 Å². The van der Waals surface area contributed by atoms with E-state index in [0.717, 1.165) is 52.9 Å². The van der Waals surface area contributed by atoms with Gasteiger partial charge in [-0.15, -0.1) is 5.10 Å². The van der Waals surface area contributed by atoms with Crippen LogP contribution in [0.25, 0.3) is 10.9 Å². The maximum atomic E-state index is 13.1. The van der Waals surface area contributed by atoms with Gasteiger partial charge >= 0.3 is 0 Å². The predicted molar refractivity (Wildman–Crippen MR) is 130 cm³/mol. The van der Waals surface area contributed by atoms with Gasteiger partial charge < -0.3 is 9.40 Å².